The Morgan fingerprint density at radius 1 is 0.850 bits per heavy atom. The number of carbonyl (C=O) groups excluding carboxylic acids is 2. The van der Waals surface area contributed by atoms with Gasteiger partial charge in [-0.2, -0.15) is 0 Å². The van der Waals surface area contributed by atoms with E-state index in [1.807, 2.05) is 55.5 Å². The molecular formula is C31H28N4O4S. The van der Waals surface area contributed by atoms with E-state index in [2.05, 4.69) is 10.6 Å². The van der Waals surface area contributed by atoms with Gasteiger partial charge in [0.1, 0.15) is 11.2 Å². The normalized spacial score (nSPS) is 10.9. The summed E-state index contributed by atoms with van der Waals surface area (Å²) in [6, 6.07) is 25.7. The highest BCUT2D eigenvalue weighted by Crippen LogP contribution is 2.17. The lowest BCUT2D eigenvalue weighted by Gasteiger charge is -2.13. The van der Waals surface area contributed by atoms with Gasteiger partial charge in [-0.1, -0.05) is 54.6 Å². The molecule has 0 unspecified atom stereocenters. The molecular weight excluding hydrogens is 524 g/mol. The zero-order valence-corrected chi connectivity index (χ0v) is 22.7. The number of hydrogen-bond donors (Lipinski definition) is 2. The summed E-state index contributed by atoms with van der Waals surface area (Å²) < 4.78 is 2.76. The standard InChI is InChI=1S/C31H28N4O4S/c1-21-6-5-9-24(18-21)33-28(37)20-34-26-15-17-40-29(26)30(38)35(31(34)39)25-12-10-23(11-13-25)19-27(36)32-16-14-22-7-3-2-4-8-22/h2-13,15,17-18H,14,16,19-20H2,1H3,(H,32,36)(H,33,37). The van der Waals surface area contributed by atoms with Crippen molar-refractivity contribution >= 4 is 39.1 Å². The predicted molar refractivity (Wildman–Crippen MR) is 158 cm³/mol. The second-order valence-corrected chi connectivity index (χ2v) is 10.4. The largest absolute Gasteiger partial charge is 0.355 e. The average molecular weight is 553 g/mol. The zero-order chi connectivity index (χ0) is 28.1. The first-order valence-electron chi connectivity index (χ1n) is 12.9. The summed E-state index contributed by atoms with van der Waals surface area (Å²) in [5.74, 6) is -0.484. The number of anilines is 1. The number of aromatic nitrogens is 2. The highest BCUT2D eigenvalue weighted by Gasteiger charge is 2.18. The SMILES string of the molecule is Cc1cccc(NC(=O)Cn2c(=O)n(-c3ccc(CC(=O)NCCc4ccccc4)cc3)c(=O)c3sccc32)c1. The minimum atomic E-state index is -0.610. The molecule has 9 heteroatoms. The molecule has 5 aromatic rings. The molecule has 2 aromatic heterocycles. The number of benzene rings is 3. The van der Waals surface area contributed by atoms with Crippen LogP contribution in [0.1, 0.15) is 16.7 Å². The first-order valence-corrected chi connectivity index (χ1v) is 13.8. The van der Waals surface area contributed by atoms with Crippen molar-refractivity contribution in [2.75, 3.05) is 11.9 Å². The van der Waals surface area contributed by atoms with Crippen LogP contribution in [0.5, 0.6) is 0 Å². The van der Waals surface area contributed by atoms with E-state index in [-0.39, 0.29) is 24.8 Å². The Morgan fingerprint density at radius 2 is 1.62 bits per heavy atom. The monoisotopic (exact) mass is 552 g/mol. The lowest BCUT2D eigenvalue weighted by molar-refractivity contribution is -0.120. The van der Waals surface area contributed by atoms with E-state index in [9.17, 15) is 19.2 Å². The fraction of sp³-hybridized carbons (Fsp3) is 0.161. The Labute approximate surface area is 234 Å². The molecule has 5 rings (SSSR count). The predicted octanol–water partition coefficient (Wildman–Crippen LogP) is 4.06. The van der Waals surface area contributed by atoms with Crippen LogP contribution in [0.2, 0.25) is 0 Å². The molecule has 2 N–H and O–H groups in total. The quantitative estimate of drug-likeness (QED) is 0.288. The molecule has 40 heavy (non-hydrogen) atoms. The Morgan fingerprint density at radius 3 is 2.38 bits per heavy atom. The third-order valence-corrected chi connectivity index (χ3v) is 7.39. The first-order chi connectivity index (χ1) is 19.4. The molecule has 0 aliphatic carbocycles. The smallest absolute Gasteiger partial charge is 0.336 e. The Kier molecular flexibility index (Phi) is 8.02. The summed E-state index contributed by atoms with van der Waals surface area (Å²) in [6.45, 7) is 2.21. The molecule has 0 bridgehead atoms. The van der Waals surface area contributed by atoms with Crippen molar-refractivity contribution in [3.8, 4) is 5.69 Å². The minimum absolute atomic E-state index is 0.108. The second-order valence-electron chi connectivity index (χ2n) is 9.49. The topological polar surface area (TPSA) is 102 Å². The molecule has 0 saturated heterocycles. The van der Waals surface area contributed by atoms with Crippen LogP contribution in [0.3, 0.4) is 0 Å². The summed E-state index contributed by atoms with van der Waals surface area (Å²) in [5, 5.41) is 7.47. The van der Waals surface area contributed by atoms with E-state index >= 15 is 0 Å². The van der Waals surface area contributed by atoms with Gasteiger partial charge in [-0.25, -0.2) is 9.36 Å². The molecule has 3 aromatic carbocycles. The average Bonchev–Trinajstić information content (AvgIpc) is 3.43. The van der Waals surface area contributed by atoms with Crippen molar-refractivity contribution in [2.45, 2.75) is 26.3 Å². The minimum Gasteiger partial charge on any atom is -0.355 e. The van der Waals surface area contributed by atoms with Crippen LogP contribution in [0.4, 0.5) is 5.69 Å². The van der Waals surface area contributed by atoms with Crippen LogP contribution in [0, 0.1) is 6.92 Å². The van der Waals surface area contributed by atoms with Crippen molar-refractivity contribution in [3.05, 3.63) is 128 Å². The molecule has 0 spiro atoms. The van der Waals surface area contributed by atoms with Crippen LogP contribution in [0.25, 0.3) is 15.9 Å². The van der Waals surface area contributed by atoms with E-state index in [0.29, 0.717) is 28.1 Å². The lowest BCUT2D eigenvalue weighted by Crippen LogP contribution is -2.40. The Balaban J connectivity index is 1.33. The van der Waals surface area contributed by atoms with Gasteiger partial charge in [-0.3, -0.25) is 19.0 Å². The molecule has 0 aliphatic rings. The van der Waals surface area contributed by atoms with Crippen LogP contribution >= 0.6 is 11.3 Å². The van der Waals surface area contributed by atoms with Gasteiger partial charge in [-0.05, 0) is 65.7 Å². The third-order valence-electron chi connectivity index (χ3n) is 6.50. The highest BCUT2D eigenvalue weighted by molar-refractivity contribution is 7.17. The van der Waals surface area contributed by atoms with Crippen molar-refractivity contribution in [2.24, 2.45) is 0 Å². The maximum atomic E-state index is 13.5. The number of fused-ring (bicyclic) bond motifs is 1. The summed E-state index contributed by atoms with van der Waals surface area (Å²) in [7, 11) is 0. The van der Waals surface area contributed by atoms with Gasteiger partial charge in [0.05, 0.1) is 17.6 Å². The van der Waals surface area contributed by atoms with Crippen molar-refractivity contribution < 1.29 is 9.59 Å². The third kappa shape index (κ3) is 6.10. The number of amides is 2. The number of nitrogens with zero attached hydrogens (tertiary/aromatic N) is 2. The molecule has 202 valence electrons. The van der Waals surface area contributed by atoms with Gasteiger partial charge in [0.25, 0.3) is 5.56 Å². The number of rotatable bonds is 9. The first kappa shape index (κ1) is 26.8. The molecule has 2 amide bonds. The van der Waals surface area contributed by atoms with Crippen molar-refractivity contribution in [1.82, 2.24) is 14.5 Å². The molecule has 8 nitrogen and oxygen atoms in total. The van der Waals surface area contributed by atoms with Crippen molar-refractivity contribution in [3.63, 3.8) is 0 Å². The number of thiophene rings is 1. The lowest BCUT2D eigenvalue weighted by atomic mass is 10.1. The summed E-state index contributed by atoms with van der Waals surface area (Å²) in [6.07, 6.45) is 0.923. The molecule has 2 heterocycles. The van der Waals surface area contributed by atoms with Crippen LogP contribution in [-0.2, 0) is 29.0 Å². The highest BCUT2D eigenvalue weighted by atomic mass is 32.1. The van der Waals surface area contributed by atoms with Crippen LogP contribution < -0.4 is 21.9 Å². The molecule has 0 radical (unpaired) electrons. The fourth-order valence-electron chi connectivity index (χ4n) is 4.54. The summed E-state index contributed by atoms with van der Waals surface area (Å²) in [4.78, 5) is 52.1. The van der Waals surface area contributed by atoms with Gasteiger partial charge in [0, 0.05) is 12.2 Å². The zero-order valence-electron chi connectivity index (χ0n) is 21.9. The van der Waals surface area contributed by atoms with E-state index in [1.165, 1.54) is 15.9 Å². The summed E-state index contributed by atoms with van der Waals surface area (Å²) >= 11 is 1.22. The van der Waals surface area contributed by atoms with Gasteiger partial charge in [0.15, 0.2) is 0 Å². The van der Waals surface area contributed by atoms with E-state index in [4.69, 9.17) is 0 Å². The summed E-state index contributed by atoms with van der Waals surface area (Å²) in [5.41, 5.74) is 3.26. The van der Waals surface area contributed by atoms with Gasteiger partial charge < -0.3 is 10.6 Å². The maximum Gasteiger partial charge on any atom is 0.336 e. The van der Waals surface area contributed by atoms with Gasteiger partial charge >= 0.3 is 5.69 Å². The van der Waals surface area contributed by atoms with E-state index in [0.717, 1.165) is 27.7 Å². The number of carbonyl (C=O) groups is 2. The van der Waals surface area contributed by atoms with Gasteiger partial charge in [0.2, 0.25) is 11.8 Å². The van der Waals surface area contributed by atoms with E-state index < -0.39 is 11.2 Å². The number of nitrogens with one attached hydrogen (secondary N) is 2. The van der Waals surface area contributed by atoms with Crippen LogP contribution in [-0.4, -0.2) is 27.5 Å². The Hall–Kier alpha value is -4.76. The maximum absolute atomic E-state index is 13.5. The molecule has 0 fully saturated rings. The molecule has 0 aliphatic heterocycles. The Bertz CT molecular complexity index is 1790. The van der Waals surface area contributed by atoms with Crippen LogP contribution in [0.15, 0.2) is 99.9 Å². The van der Waals surface area contributed by atoms with E-state index in [1.54, 1.807) is 41.8 Å². The number of aryl methyl sites for hydroxylation is 1. The van der Waals surface area contributed by atoms with Crippen molar-refractivity contribution in [1.29, 1.82) is 0 Å². The molecule has 0 saturated carbocycles. The second kappa shape index (κ2) is 12.0. The van der Waals surface area contributed by atoms with Gasteiger partial charge in [-0.15, -0.1) is 11.3 Å². The number of hydrogen-bond acceptors (Lipinski definition) is 5. The molecule has 0 atom stereocenters. The fourth-order valence-corrected chi connectivity index (χ4v) is 5.36.